The molecule has 2 rings (SSSR count). The van der Waals surface area contributed by atoms with E-state index in [2.05, 4.69) is 5.32 Å². The lowest BCUT2D eigenvalue weighted by molar-refractivity contribution is 0.282. The molecule has 0 unspecified atom stereocenters. The molecule has 0 bridgehead atoms. The van der Waals surface area contributed by atoms with Crippen LogP contribution in [0.2, 0.25) is 10.0 Å². The Bertz CT molecular complexity index is 602. The summed E-state index contributed by atoms with van der Waals surface area (Å²) in [6.45, 7) is 0.500. The van der Waals surface area contributed by atoms with Crippen molar-refractivity contribution in [2.45, 2.75) is 13.2 Å². The summed E-state index contributed by atoms with van der Waals surface area (Å²) < 4.78 is 5.11. The van der Waals surface area contributed by atoms with E-state index in [1.54, 1.807) is 19.2 Å². The van der Waals surface area contributed by atoms with Crippen LogP contribution in [0, 0.1) is 0 Å². The molecule has 0 spiro atoms. The molecule has 3 nitrogen and oxygen atoms in total. The van der Waals surface area contributed by atoms with Crippen LogP contribution in [-0.4, -0.2) is 12.2 Å². The Morgan fingerprint density at radius 3 is 2.55 bits per heavy atom. The molecule has 0 aliphatic carbocycles. The summed E-state index contributed by atoms with van der Waals surface area (Å²) in [6.07, 6.45) is 0. The minimum atomic E-state index is -0.0136. The van der Waals surface area contributed by atoms with E-state index in [-0.39, 0.29) is 6.61 Å². The molecule has 0 aliphatic heterocycles. The molecule has 0 atom stereocenters. The van der Waals surface area contributed by atoms with Gasteiger partial charge in [0.1, 0.15) is 5.75 Å². The summed E-state index contributed by atoms with van der Waals surface area (Å²) >= 11 is 12.3. The number of halogens is 2. The molecule has 0 radical (unpaired) electrons. The molecule has 0 heterocycles. The largest absolute Gasteiger partial charge is 0.495 e. The SMILES string of the molecule is COc1cc(Cl)c(CNc2ccccc2CO)cc1Cl. The van der Waals surface area contributed by atoms with E-state index in [4.69, 9.17) is 27.9 Å². The van der Waals surface area contributed by atoms with Gasteiger partial charge in [-0.25, -0.2) is 0 Å². The summed E-state index contributed by atoms with van der Waals surface area (Å²) in [7, 11) is 1.55. The maximum Gasteiger partial charge on any atom is 0.138 e. The molecule has 0 amide bonds. The van der Waals surface area contributed by atoms with Gasteiger partial charge in [-0.1, -0.05) is 41.4 Å². The zero-order valence-electron chi connectivity index (χ0n) is 11.0. The first-order valence-corrected chi connectivity index (χ1v) is 6.86. The predicted molar refractivity (Wildman–Crippen MR) is 82.7 cm³/mol. The Morgan fingerprint density at radius 2 is 1.85 bits per heavy atom. The molecule has 0 fully saturated rings. The second kappa shape index (κ2) is 6.84. The third-order valence-electron chi connectivity index (χ3n) is 2.98. The van der Waals surface area contributed by atoms with Gasteiger partial charge in [-0.15, -0.1) is 0 Å². The zero-order chi connectivity index (χ0) is 14.5. The van der Waals surface area contributed by atoms with E-state index in [1.807, 2.05) is 24.3 Å². The summed E-state index contributed by atoms with van der Waals surface area (Å²) in [5.74, 6) is 0.552. The van der Waals surface area contributed by atoms with Gasteiger partial charge < -0.3 is 15.2 Å². The molecule has 2 N–H and O–H groups in total. The van der Waals surface area contributed by atoms with Crippen molar-refractivity contribution < 1.29 is 9.84 Å². The maximum atomic E-state index is 9.28. The van der Waals surface area contributed by atoms with Crippen molar-refractivity contribution in [2.75, 3.05) is 12.4 Å². The van der Waals surface area contributed by atoms with Crippen LogP contribution in [0.5, 0.6) is 5.75 Å². The summed E-state index contributed by atoms with van der Waals surface area (Å²) in [5.41, 5.74) is 2.58. The number of aliphatic hydroxyl groups excluding tert-OH is 1. The van der Waals surface area contributed by atoms with Gasteiger partial charge in [0, 0.05) is 28.9 Å². The fourth-order valence-electron chi connectivity index (χ4n) is 1.88. The molecule has 5 heteroatoms. The monoisotopic (exact) mass is 311 g/mol. The van der Waals surface area contributed by atoms with Gasteiger partial charge in [-0.2, -0.15) is 0 Å². The van der Waals surface area contributed by atoms with Crippen LogP contribution >= 0.6 is 23.2 Å². The van der Waals surface area contributed by atoms with Crippen LogP contribution in [0.4, 0.5) is 5.69 Å². The molecular weight excluding hydrogens is 297 g/mol. The lowest BCUT2D eigenvalue weighted by atomic mass is 10.1. The number of anilines is 1. The first-order chi connectivity index (χ1) is 9.65. The average molecular weight is 312 g/mol. The van der Waals surface area contributed by atoms with Crippen molar-refractivity contribution >= 4 is 28.9 Å². The van der Waals surface area contributed by atoms with Crippen molar-refractivity contribution in [3.8, 4) is 5.75 Å². The minimum absolute atomic E-state index is 0.0136. The highest BCUT2D eigenvalue weighted by molar-refractivity contribution is 6.34. The topological polar surface area (TPSA) is 41.5 Å². The number of hydrogen-bond donors (Lipinski definition) is 2. The number of rotatable bonds is 5. The van der Waals surface area contributed by atoms with Gasteiger partial charge in [0.15, 0.2) is 0 Å². The molecule has 0 saturated heterocycles. The molecule has 2 aromatic rings. The second-order valence-electron chi connectivity index (χ2n) is 4.25. The van der Waals surface area contributed by atoms with Crippen molar-refractivity contribution in [3.05, 3.63) is 57.6 Å². The number of para-hydroxylation sites is 1. The molecule has 20 heavy (non-hydrogen) atoms. The fourth-order valence-corrected chi connectivity index (χ4v) is 2.37. The van der Waals surface area contributed by atoms with Crippen LogP contribution in [0.15, 0.2) is 36.4 Å². The average Bonchev–Trinajstić information content (AvgIpc) is 2.48. The van der Waals surface area contributed by atoms with E-state index < -0.39 is 0 Å². The van der Waals surface area contributed by atoms with Gasteiger partial charge in [0.05, 0.1) is 18.7 Å². The van der Waals surface area contributed by atoms with Crippen molar-refractivity contribution in [3.63, 3.8) is 0 Å². The van der Waals surface area contributed by atoms with Crippen LogP contribution in [0.1, 0.15) is 11.1 Å². The number of hydrogen-bond acceptors (Lipinski definition) is 3. The third kappa shape index (κ3) is 3.37. The molecule has 0 aliphatic rings. The first-order valence-electron chi connectivity index (χ1n) is 6.10. The van der Waals surface area contributed by atoms with Gasteiger partial charge in [0.2, 0.25) is 0 Å². The van der Waals surface area contributed by atoms with E-state index in [9.17, 15) is 5.11 Å². The number of benzene rings is 2. The van der Waals surface area contributed by atoms with Crippen LogP contribution < -0.4 is 10.1 Å². The highest BCUT2D eigenvalue weighted by atomic mass is 35.5. The zero-order valence-corrected chi connectivity index (χ0v) is 12.5. The highest BCUT2D eigenvalue weighted by Crippen LogP contribution is 2.31. The first kappa shape index (κ1) is 15.0. The van der Waals surface area contributed by atoms with Crippen molar-refractivity contribution in [2.24, 2.45) is 0 Å². The second-order valence-corrected chi connectivity index (χ2v) is 5.06. The highest BCUT2D eigenvalue weighted by Gasteiger charge is 2.08. The smallest absolute Gasteiger partial charge is 0.138 e. The molecule has 2 aromatic carbocycles. The van der Waals surface area contributed by atoms with E-state index in [1.165, 1.54) is 0 Å². The van der Waals surface area contributed by atoms with Crippen molar-refractivity contribution in [1.82, 2.24) is 0 Å². The van der Waals surface area contributed by atoms with Gasteiger partial charge in [0.25, 0.3) is 0 Å². The Morgan fingerprint density at radius 1 is 1.10 bits per heavy atom. The molecular formula is C15H15Cl2NO2. The number of aliphatic hydroxyl groups is 1. The quantitative estimate of drug-likeness (QED) is 0.873. The minimum Gasteiger partial charge on any atom is -0.495 e. The lowest BCUT2D eigenvalue weighted by Crippen LogP contribution is -2.03. The maximum absolute atomic E-state index is 9.28. The summed E-state index contributed by atoms with van der Waals surface area (Å²) in [5, 5.41) is 13.6. The van der Waals surface area contributed by atoms with Crippen LogP contribution in [0.25, 0.3) is 0 Å². The molecule has 0 aromatic heterocycles. The van der Waals surface area contributed by atoms with E-state index >= 15 is 0 Å². The van der Waals surface area contributed by atoms with E-state index in [0.29, 0.717) is 22.3 Å². The Labute approximate surface area is 128 Å². The van der Waals surface area contributed by atoms with E-state index in [0.717, 1.165) is 16.8 Å². The van der Waals surface area contributed by atoms with Gasteiger partial charge in [-0.05, 0) is 17.7 Å². The lowest BCUT2D eigenvalue weighted by Gasteiger charge is -2.13. The van der Waals surface area contributed by atoms with Crippen LogP contribution in [0.3, 0.4) is 0 Å². The van der Waals surface area contributed by atoms with Gasteiger partial charge >= 0.3 is 0 Å². The predicted octanol–water partition coefficient (Wildman–Crippen LogP) is 4.11. The number of nitrogens with one attached hydrogen (secondary N) is 1. The van der Waals surface area contributed by atoms with Crippen molar-refractivity contribution in [1.29, 1.82) is 0 Å². The normalized spacial score (nSPS) is 10.4. The fraction of sp³-hybridized carbons (Fsp3) is 0.200. The van der Waals surface area contributed by atoms with Crippen LogP contribution in [-0.2, 0) is 13.2 Å². The summed E-state index contributed by atoms with van der Waals surface area (Å²) in [6, 6.07) is 11.0. The number of methoxy groups -OCH3 is 1. The molecule has 0 saturated carbocycles. The Hall–Kier alpha value is -1.42. The Balaban J connectivity index is 2.17. The summed E-state index contributed by atoms with van der Waals surface area (Å²) in [4.78, 5) is 0. The third-order valence-corrected chi connectivity index (χ3v) is 3.63. The van der Waals surface area contributed by atoms with Gasteiger partial charge in [-0.3, -0.25) is 0 Å². The number of ether oxygens (including phenoxy) is 1. The standard InChI is InChI=1S/C15H15Cl2NO2/c1-20-15-7-12(16)11(6-13(15)17)8-18-14-5-3-2-4-10(14)9-19/h2-7,18-19H,8-9H2,1H3. The molecule has 106 valence electrons. The Kier molecular flexibility index (Phi) is 5.12.